The molecule has 0 aliphatic carbocycles. The Bertz CT molecular complexity index is 1280. The number of thioether (sulfide) groups is 1. The Kier molecular flexibility index (Phi) is 8.74. The Morgan fingerprint density at radius 3 is 2.17 bits per heavy atom. The molecule has 1 amide bonds. The highest BCUT2D eigenvalue weighted by atomic mass is 32.2. The summed E-state index contributed by atoms with van der Waals surface area (Å²) < 4.78 is 0. The molecule has 4 aromatic rings. The minimum atomic E-state index is 0.0110. The van der Waals surface area contributed by atoms with Gasteiger partial charge in [0.1, 0.15) is 5.82 Å². The summed E-state index contributed by atoms with van der Waals surface area (Å²) in [6.07, 6.45) is 0. The van der Waals surface area contributed by atoms with Crippen LogP contribution in [0.3, 0.4) is 0 Å². The third-order valence-corrected chi connectivity index (χ3v) is 6.92. The monoisotopic (exact) mass is 496 g/mol. The molecule has 5 nitrogen and oxygen atoms in total. The number of rotatable bonds is 10. The fourth-order valence-electron chi connectivity index (χ4n) is 4.04. The van der Waals surface area contributed by atoms with E-state index in [9.17, 15) is 4.79 Å². The van der Waals surface area contributed by atoms with Gasteiger partial charge in [-0.05, 0) is 37.1 Å². The lowest BCUT2D eigenvalue weighted by Gasteiger charge is -2.21. The van der Waals surface area contributed by atoms with Gasteiger partial charge in [0.15, 0.2) is 5.16 Å². The standard InChI is InChI=1S/C30H32N4OS/c1-4-34(5-2)28-20-27(25-16-10-7-11-17-25)31-30(32-28)36-22-24-15-12-18-26(19-24)29(35)33(3)21-23-13-8-6-9-14-23/h6-20H,4-5,21-22H2,1-3H3. The first-order valence-electron chi connectivity index (χ1n) is 12.3. The highest BCUT2D eigenvalue weighted by Gasteiger charge is 2.14. The van der Waals surface area contributed by atoms with E-state index in [0.29, 0.717) is 17.9 Å². The SMILES string of the molecule is CCN(CC)c1cc(-c2ccccc2)nc(SCc2cccc(C(=O)N(C)Cc3ccccc3)c2)n1. The largest absolute Gasteiger partial charge is 0.357 e. The number of amides is 1. The molecule has 0 spiro atoms. The van der Waals surface area contributed by atoms with E-state index in [4.69, 9.17) is 9.97 Å². The third-order valence-electron chi connectivity index (χ3n) is 6.00. The summed E-state index contributed by atoms with van der Waals surface area (Å²) in [7, 11) is 1.84. The van der Waals surface area contributed by atoms with Crippen LogP contribution in [0.5, 0.6) is 0 Å². The normalized spacial score (nSPS) is 10.8. The molecule has 0 N–H and O–H groups in total. The van der Waals surface area contributed by atoms with Crippen LogP contribution in [0.1, 0.15) is 35.3 Å². The van der Waals surface area contributed by atoms with Crippen molar-refractivity contribution in [1.29, 1.82) is 0 Å². The fraction of sp³-hybridized carbons (Fsp3) is 0.233. The number of aromatic nitrogens is 2. The summed E-state index contributed by atoms with van der Waals surface area (Å²) in [6.45, 7) is 6.61. The number of hydrogen-bond donors (Lipinski definition) is 0. The van der Waals surface area contributed by atoms with Gasteiger partial charge in [-0.3, -0.25) is 4.79 Å². The van der Waals surface area contributed by atoms with Crippen LogP contribution in [0, 0.1) is 0 Å². The average molecular weight is 497 g/mol. The minimum absolute atomic E-state index is 0.0110. The van der Waals surface area contributed by atoms with Crippen LogP contribution in [-0.4, -0.2) is 40.9 Å². The molecule has 184 valence electrons. The van der Waals surface area contributed by atoms with Crippen molar-refractivity contribution in [1.82, 2.24) is 14.9 Å². The molecule has 6 heteroatoms. The molecule has 0 radical (unpaired) electrons. The number of hydrogen-bond acceptors (Lipinski definition) is 5. The Labute approximate surface area is 218 Å². The van der Waals surface area contributed by atoms with E-state index in [0.717, 1.165) is 46.4 Å². The number of carbonyl (C=O) groups excluding carboxylic acids is 1. The van der Waals surface area contributed by atoms with E-state index in [1.165, 1.54) is 0 Å². The highest BCUT2D eigenvalue weighted by molar-refractivity contribution is 7.98. The molecular formula is C30H32N4OS. The molecule has 0 fully saturated rings. The van der Waals surface area contributed by atoms with E-state index in [1.807, 2.05) is 79.8 Å². The van der Waals surface area contributed by atoms with E-state index in [2.05, 4.69) is 36.9 Å². The molecule has 0 bridgehead atoms. The smallest absolute Gasteiger partial charge is 0.253 e. The second-order valence-corrected chi connectivity index (χ2v) is 9.51. The molecule has 0 aliphatic heterocycles. The molecule has 0 saturated heterocycles. The summed E-state index contributed by atoms with van der Waals surface area (Å²) >= 11 is 1.59. The van der Waals surface area contributed by atoms with Crippen LogP contribution < -0.4 is 4.90 Å². The van der Waals surface area contributed by atoms with Gasteiger partial charge in [0, 0.05) is 49.6 Å². The second-order valence-electron chi connectivity index (χ2n) is 8.57. The van der Waals surface area contributed by atoms with Crippen LogP contribution >= 0.6 is 11.8 Å². The molecule has 1 heterocycles. The van der Waals surface area contributed by atoms with Gasteiger partial charge in [0.25, 0.3) is 5.91 Å². The topological polar surface area (TPSA) is 49.3 Å². The number of carbonyl (C=O) groups is 1. The zero-order valence-corrected chi connectivity index (χ0v) is 21.9. The van der Waals surface area contributed by atoms with Crippen molar-refractivity contribution < 1.29 is 4.79 Å². The van der Waals surface area contributed by atoms with Crippen molar-refractivity contribution in [3.8, 4) is 11.3 Å². The molecular weight excluding hydrogens is 464 g/mol. The van der Waals surface area contributed by atoms with Crippen LogP contribution in [-0.2, 0) is 12.3 Å². The van der Waals surface area contributed by atoms with Gasteiger partial charge in [-0.1, -0.05) is 84.6 Å². The summed E-state index contributed by atoms with van der Waals surface area (Å²) in [6, 6.07) is 30.2. The maximum atomic E-state index is 13.1. The molecule has 4 rings (SSSR count). The number of anilines is 1. The fourth-order valence-corrected chi connectivity index (χ4v) is 4.83. The van der Waals surface area contributed by atoms with E-state index in [1.54, 1.807) is 16.7 Å². The van der Waals surface area contributed by atoms with Gasteiger partial charge in [-0.15, -0.1) is 0 Å². The molecule has 1 aromatic heterocycles. The van der Waals surface area contributed by atoms with Gasteiger partial charge in [0.2, 0.25) is 0 Å². The third kappa shape index (κ3) is 6.52. The first-order chi connectivity index (χ1) is 17.6. The lowest BCUT2D eigenvalue weighted by molar-refractivity contribution is 0.0785. The van der Waals surface area contributed by atoms with E-state index < -0.39 is 0 Å². The van der Waals surface area contributed by atoms with Gasteiger partial charge >= 0.3 is 0 Å². The van der Waals surface area contributed by atoms with Crippen molar-refractivity contribution >= 4 is 23.5 Å². The predicted octanol–water partition coefficient (Wildman–Crippen LogP) is 6.55. The lowest BCUT2D eigenvalue weighted by atomic mass is 10.1. The minimum Gasteiger partial charge on any atom is -0.357 e. The van der Waals surface area contributed by atoms with Crippen molar-refractivity contribution in [2.24, 2.45) is 0 Å². The van der Waals surface area contributed by atoms with Gasteiger partial charge in [-0.25, -0.2) is 9.97 Å². The first-order valence-corrected chi connectivity index (χ1v) is 13.3. The first kappa shape index (κ1) is 25.5. The maximum Gasteiger partial charge on any atom is 0.253 e. The number of benzene rings is 3. The summed E-state index contributed by atoms with van der Waals surface area (Å²) in [5.41, 5.74) is 4.86. The Balaban J connectivity index is 1.51. The van der Waals surface area contributed by atoms with Crippen molar-refractivity contribution in [2.45, 2.75) is 31.3 Å². The Morgan fingerprint density at radius 2 is 1.47 bits per heavy atom. The molecule has 36 heavy (non-hydrogen) atoms. The van der Waals surface area contributed by atoms with Gasteiger partial charge in [-0.2, -0.15) is 0 Å². The average Bonchev–Trinajstić information content (AvgIpc) is 2.93. The Morgan fingerprint density at radius 1 is 0.806 bits per heavy atom. The van der Waals surface area contributed by atoms with Crippen molar-refractivity contribution in [3.63, 3.8) is 0 Å². The predicted molar refractivity (Wildman–Crippen MR) is 149 cm³/mol. The molecule has 0 unspecified atom stereocenters. The summed E-state index contributed by atoms with van der Waals surface area (Å²) in [5, 5.41) is 0.733. The second kappa shape index (κ2) is 12.4. The quantitative estimate of drug-likeness (QED) is 0.184. The maximum absolute atomic E-state index is 13.1. The van der Waals surface area contributed by atoms with Crippen LogP contribution in [0.25, 0.3) is 11.3 Å². The lowest BCUT2D eigenvalue weighted by Crippen LogP contribution is -2.26. The zero-order valence-electron chi connectivity index (χ0n) is 21.1. The van der Waals surface area contributed by atoms with E-state index >= 15 is 0 Å². The molecule has 0 saturated carbocycles. The highest BCUT2D eigenvalue weighted by Crippen LogP contribution is 2.27. The van der Waals surface area contributed by atoms with Crippen LogP contribution in [0.4, 0.5) is 5.82 Å². The molecule has 3 aromatic carbocycles. The number of nitrogens with zero attached hydrogens (tertiary/aromatic N) is 4. The molecule has 0 aliphatic rings. The summed E-state index contributed by atoms with van der Waals surface area (Å²) in [4.78, 5) is 26.7. The van der Waals surface area contributed by atoms with E-state index in [-0.39, 0.29) is 5.91 Å². The van der Waals surface area contributed by atoms with Gasteiger partial charge in [0.05, 0.1) is 5.69 Å². The van der Waals surface area contributed by atoms with Crippen LogP contribution in [0.15, 0.2) is 96.2 Å². The van der Waals surface area contributed by atoms with Crippen LogP contribution in [0.2, 0.25) is 0 Å². The Hall–Kier alpha value is -3.64. The van der Waals surface area contributed by atoms with Crippen molar-refractivity contribution in [2.75, 3.05) is 25.0 Å². The summed E-state index contributed by atoms with van der Waals surface area (Å²) in [5.74, 6) is 1.62. The zero-order chi connectivity index (χ0) is 25.3. The van der Waals surface area contributed by atoms with Gasteiger partial charge < -0.3 is 9.80 Å². The van der Waals surface area contributed by atoms with Crippen molar-refractivity contribution in [3.05, 3.63) is 108 Å². The molecule has 0 atom stereocenters.